The van der Waals surface area contributed by atoms with Crippen LogP contribution in [0.15, 0.2) is 34.9 Å². The van der Waals surface area contributed by atoms with Crippen LogP contribution in [0.5, 0.6) is 0 Å². The summed E-state index contributed by atoms with van der Waals surface area (Å²) in [5, 5.41) is 7.35. The van der Waals surface area contributed by atoms with Crippen molar-refractivity contribution in [2.45, 2.75) is 38.1 Å². The number of rotatable bonds is 8. The largest absolute Gasteiger partial charge is 0.338 e. The van der Waals surface area contributed by atoms with Crippen molar-refractivity contribution >= 4 is 11.8 Å². The lowest BCUT2D eigenvalue weighted by molar-refractivity contribution is 0.354. The number of benzene rings is 1. The van der Waals surface area contributed by atoms with Crippen molar-refractivity contribution in [2.75, 3.05) is 6.26 Å². The number of aryl methyl sites for hydroxylation is 1. The van der Waals surface area contributed by atoms with Crippen LogP contribution in [0.1, 0.15) is 30.6 Å². The van der Waals surface area contributed by atoms with Gasteiger partial charge in [0.1, 0.15) is 0 Å². The number of hydrogen-bond acceptors (Lipinski definition) is 5. The van der Waals surface area contributed by atoms with Gasteiger partial charge in [0.25, 0.3) is 0 Å². The van der Waals surface area contributed by atoms with Crippen molar-refractivity contribution < 1.29 is 4.52 Å². The second-order valence-corrected chi connectivity index (χ2v) is 5.71. The summed E-state index contributed by atoms with van der Waals surface area (Å²) >= 11 is 1.69. The van der Waals surface area contributed by atoms with E-state index in [1.165, 1.54) is 5.56 Å². The van der Waals surface area contributed by atoms with Gasteiger partial charge in [-0.2, -0.15) is 16.7 Å². The minimum atomic E-state index is 0.422. The number of hydrogen-bond donors (Lipinski definition) is 1. The average molecular weight is 291 g/mol. The van der Waals surface area contributed by atoms with E-state index in [2.05, 4.69) is 46.6 Å². The maximum Gasteiger partial charge on any atom is 0.240 e. The number of nitrogens with zero attached hydrogens (tertiary/aromatic N) is 2. The van der Waals surface area contributed by atoms with Crippen LogP contribution in [0.25, 0.3) is 0 Å². The van der Waals surface area contributed by atoms with Gasteiger partial charge < -0.3 is 9.84 Å². The molecule has 0 bridgehead atoms. The maximum absolute atomic E-state index is 5.19. The lowest BCUT2D eigenvalue weighted by atomic mass is 10.1. The van der Waals surface area contributed by atoms with Crippen LogP contribution >= 0.6 is 11.8 Å². The van der Waals surface area contributed by atoms with Crippen molar-refractivity contribution in [3.05, 3.63) is 47.6 Å². The Bertz CT molecular complexity index is 501. The predicted molar refractivity (Wildman–Crippen MR) is 82.6 cm³/mol. The third-order valence-corrected chi connectivity index (χ3v) is 3.64. The highest BCUT2D eigenvalue weighted by Gasteiger charge is 2.07. The standard InChI is InChI=1S/C15H21N3OS/c1-12(8-9-13-6-4-3-5-7-13)16-10-15-17-14(11-20-2)18-19-15/h3-7,12,16H,8-11H2,1-2H3. The molecule has 2 rings (SSSR count). The number of nitrogens with one attached hydrogen (secondary N) is 1. The molecular weight excluding hydrogens is 270 g/mol. The van der Waals surface area contributed by atoms with Gasteiger partial charge in [0.15, 0.2) is 5.82 Å². The van der Waals surface area contributed by atoms with Crippen LogP contribution in [0, 0.1) is 0 Å². The van der Waals surface area contributed by atoms with Crippen molar-refractivity contribution in [2.24, 2.45) is 0 Å². The van der Waals surface area contributed by atoms with E-state index in [4.69, 9.17) is 4.52 Å². The molecule has 0 saturated heterocycles. The quantitative estimate of drug-likeness (QED) is 0.810. The molecule has 0 saturated carbocycles. The molecule has 1 unspecified atom stereocenters. The molecule has 4 nitrogen and oxygen atoms in total. The van der Waals surface area contributed by atoms with Gasteiger partial charge in [0.2, 0.25) is 5.89 Å². The highest BCUT2D eigenvalue weighted by Crippen LogP contribution is 2.07. The Hall–Kier alpha value is -1.33. The molecule has 1 N–H and O–H groups in total. The Kier molecular flexibility index (Phi) is 6.08. The lowest BCUT2D eigenvalue weighted by Gasteiger charge is -2.11. The Morgan fingerprint density at radius 1 is 1.30 bits per heavy atom. The molecule has 1 aromatic heterocycles. The van der Waals surface area contributed by atoms with Gasteiger partial charge in [0.05, 0.1) is 12.3 Å². The van der Waals surface area contributed by atoms with E-state index in [9.17, 15) is 0 Å². The molecule has 0 aliphatic heterocycles. The van der Waals surface area contributed by atoms with Crippen molar-refractivity contribution in [3.63, 3.8) is 0 Å². The third-order valence-electron chi connectivity index (χ3n) is 3.09. The molecule has 2 aromatic rings. The normalized spacial score (nSPS) is 12.5. The molecule has 1 atom stereocenters. The van der Waals surface area contributed by atoms with Crippen LogP contribution in [-0.2, 0) is 18.7 Å². The van der Waals surface area contributed by atoms with Gasteiger partial charge in [-0.1, -0.05) is 35.5 Å². The average Bonchev–Trinajstić information content (AvgIpc) is 2.92. The van der Waals surface area contributed by atoms with E-state index < -0.39 is 0 Å². The number of aromatic nitrogens is 2. The predicted octanol–water partition coefficient (Wildman–Crippen LogP) is 3.04. The van der Waals surface area contributed by atoms with Gasteiger partial charge in [-0.15, -0.1) is 0 Å². The van der Waals surface area contributed by atoms with Gasteiger partial charge in [-0.3, -0.25) is 0 Å². The molecule has 108 valence electrons. The summed E-state index contributed by atoms with van der Waals surface area (Å²) in [6.07, 6.45) is 4.20. The topological polar surface area (TPSA) is 51.0 Å². The van der Waals surface area contributed by atoms with E-state index in [1.54, 1.807) is 11.8 Å². The summed E-state index contributed by atoms with van der Waals surface area (Å²) in [4.78, 5) is 4.33. The van der Waals surface area contributed by atoms with Crippen LogP contribution < -0.4 is 5.32 Å². The Morgan fingerprint density at radius 2 is 2.10 bits per heavy atom. The maximum atomic E-state index is 5.19. The monoisotopic (exact) mass is 291 g/mol. The molecule has 5 heteroatoms. The van der Waals surface area contributed by atoms with Gasteiger partial charge >= 0.3 is 0 Å². The molecule has 0 amide bonds. The van der Waals surface area contributed by atoms with Crippen LogP contribution in [0.2, 0.25) is 0 Å². The summed E-state index contributed by atoms with van der Waals surface area (Å²) in [5.41, 5.74) is 1.38. The van der Waals surface area contributed by atoms with Crippen molar-refractivity contribution in [1.29, 1.82) is 0 Å². The highest BCUT2D eigenvalue weighted by molar-refractivity contribution is 7.97. The Morgan fingerprint density at radius 3 is 2.85 bits per heavy atom. The van der Waals surface area contributed by atoms with E-state index in [-0.39, 0.29) is 0 Å². The van der Waals surface area contributed by atoms with E-state index in [1.807, 2.05) is 12.3 Å². The SMILES string of the molecule is CSCc1noc(CNC(C)CCc2ccccc2)n1. The van der Waals surface area contributed by atoms with Crippen LogP contribution in [0.4, 0.5) is 0 Å². The molecule has 1 heterocycles. The lowest BCUT2D eigenvalue weighted by Crippen LogP contribution is -2.26. The van der Waals surface area contributed by atoms with Crippen LogP contribution in [-0.4, -0.2) is 22.4 Å². The first-order valence-corrected chi connectivity index (χ1v) is 8.25. The molecule has 0 fully saturated rings. The van der Waals surface area contributed by atoms with Crippen molar-refractivity contribution in [1.82, 2.24) is 15.5 Å². The number of thioether (sulfide) groups is 1. The Balaban J connectivity index is 1.70. The van der Waals surface area contributed by atoms with E-state index in [0.717, 1.165) is 24.4 Å². The van der Waals surface area contributed by atoms with Crippen molar-refractivity contribution in [3.8, 4) is 0 Å². The minimum Gasteiger partial charge on any atom is -0.338 e. The molecule has 0 aliphatic carbocycles. The fourth-order valence-corrected chi connectivity index (χ4v) is 2.32. The molecule has 1 aromatic carbocycles. The molecule has 20 heavy (non-hydrogen) atoms. The zero-order valence-corrected chi connectivity index (χ0v) is 12.8. The summed E-state index contributed by atoms with van der Waals surface area (Å²) in [7, 11) is 0. The summed E-state index contributed by atoms with van der Waals surface area (Å²) in [6, 6.07) is 11.0. The highest BCUT2D eigenvalue weighted by atomic mass is 32.2. The first kappa shape index (κ1) is 15.1. The fraction of sp³-hybridized carbons (Fsp3) is 0.467. The first-order chi connectivity index (χ1) is 9.78. The molecular formula is C15H21N3OS. The van der Waals surface area contributed by atoms with Crippen LogP contribution in [0.3, 0.4) is 0 Å². The third kappa shape index (κ3) is 4.98. The van der Waals surface area contributed by atoms with Gasteiger partial charge in [-0.05, 0) is 31.6 Å². The Labute approximate surface area is 124 Å². The molecule has 0 spiro atoms. The second-order valence-electron chi connectivity index (χ2n) is 4.84. The molecule has 0 radical (unpaired) electrons. The summed E-state index contributed by atoms with van der Waals surface area (Å²) < 4.78 is 5.19. The minimum absolute atomic E-state index is 0.422. The van der Waals surface area contributed by atoms with E-state index in [0.29, 0.717) is 18.5 Å². The van der Waals surface area contributed by atoms with Gasteiger partial charge in [0, 0.05) is 6.04 Å². The second kappa shape index (κ2) is 8.07. The molecule has 0 aliphatic rings. The first-order valence-electron chi connectivity index (χ1n) is 6.85. The summed E-state index contributed by atoms with van der Waals surface area (Å²) in [6.45, 7) is 2.82. The fourth-order valence-electron chi connectivity index (χ4n) is 1.94. The smallest absolute Gasteiger partial charge is 0.240 e. The van der Waals surface area contributed by atoms with Gasteiger partial charge in [-0.25, -0.2) is 0 Å². The zero-order valence-electron chi connectivity index (χ0n) is 12.0. The van der Waals surface area contributed by atoms with E-state index >= 15 is 0 Å². The summed E-state index contributed by atoms with van der Waals surface area (Å²) in [5.74, 6) is 2.24. The zero-order chi connectivity index (χ0) is 14.2.